The zero-order valence-corrected chi connectivity index (χ0v) is 17.7. The molecule has 0 spiro atoms. The number of anilines is 2. The van der Waals surface area contributed by atoms with E-state index >= 15 is 0 Å². The second kappa shape index (κ2) is 7.49. The lowest BCUT2D eigenvalue weighted by Crippen LogP contribution is -2.43. The molecule has 5 saturated carbocycles. The van der Waals surface area contributed by atoms with Crippen molar-refractivity contribution >= 4 is 11.4 Å². The first-order valence-electron chi connectivity index (χ1n) is 12.3. The Hall–Kier alpha value is -1.76. The number of nitrogens with one attached hydrogen (secondary N) is 1. The van der Waals surface area contributed by atoms with Gasteiger partial charge in [-0.25, -0.2) is 0 Å². The fourth-order valence-corrected chi connectivity index (χ4v) is 7.73. The van der Waals surface area contributed by atoms with Crippen LogP contribution in [0.3, 0.4) is 0 Å². The van der Waals surface area contributed by atoms with E-state index in [4.69, 9.17) is 0 Å². The van der Waals surface area contributed by atoms with Crippen LogP contribution in [0.25, 0.3) is 0 Å². The monoisotopic (exact) mass is 385 g/mol. The van der Waals surface area contributed by atoms with E-state index in [2.05, 4.69) is 53.8 Å². The van der Waals surface area contributed by atoms with E-state index in [0.29, 0.717) is 0 Å². The number of rotatable bonds is 4. The van der Waals surface area contributed by atoms with E-state index in [-0.39, 0.29) is 0 Å². The minimum absolute atomic E-state index is 0.790. The Balaban J connectivity index is 1.18. The first-order chi connectivity index (χ1) is 14.3. The van der Waals surface area contributed by atoms with Crippen LogP contribution in [0.15, 0.2) is 48.5 Å². The smallest absolute Gasteiger partial charge is 0.0387 e. The van der Waals surface area contributed by atoms with Crippen molar-refractivity contribution in [2.45, 2.75) is 76.0 Å². The van der Waals surface area contributed by atoms with E-state index in [9.17, 15) is 0 Å². The van der Waals surface area contributed by atoms with Gasteiger partial charge in [0.2, 0.25) is 0 Å². The number of hydrogen-bond acceptors (Lipinski definition) is 1. The quantitative estimate of drug-likeness (QED) is 0.562. The standard InChI is InChI=1S/C28H35N/c1-2-5-21(6-3-1)22-9-11-26(12-10-22)29-27-8-4-7-23(18-27)28-24-14-19-13-20(16-24)17-25(28)15-19/h4,7-12,18-21,24-25,28-29H,1-3,5-6,13-17H2. The molecule has 0 amide bonds. The van der Waals surface area contributed by atoms with Gasteiger partial charge in [-0.05, 0) is 116 Å². The van der Waals surface area contributed by atoms with Gasteiger partial charge in [-0.2, -0.15) is 0 Å². The maximum absolute atomic E-state index is 3.70. The van der Waals surface area contributed by atoms with Gasteiger partial charge in [0.05, 0.1) is 0 Å². The van der Waals surface area contributed by atoms with Gasteiger partial charge in [0.15, 0.2) is 0 Å². The molecule has 2 aromatic rings. The van der Waals surface area contributed by atoms with Crippen LogP contribution in [-0.2, 0) is 0 Å². The predicted molar refractivity (Wildman–Crippen MR) is 122 cm³/mol. The lowest BCUT2D eigenvalue weighted by atomic mass is 9.51. The summed E-state index contributed by atoms with van der Waals surface area (Å²) in [6, 6.07) is 18.7. The van der Waals surface area contributed by atoms with Crippen molar-refractivity contribution in [1.82, 2.24) is 0 Å². The van der Waals surface area contributed by atoms with Crippen LogP contribution in [0.2, 0.25) is 0 Å². The zero-order chi connectivity index (χ0) is 19.2. The first-order valence-corrected chi connectivity index (χ1v) is 12.3. The van der Waals surface area contributed by atoms with Gasteiger partial charge in [0.25, 0.3) is 0 Å². The summed E-state index contributed by atoms with van der Waals surface area (Å²) >= 11 is 0. The van der Waals surface area contributed by atoms with Crippen LogP contribution >= 0.6 is 0 Å². The Labute approximate surface area is 176 Å². The SMILES string of the molecule is c1cc(Nc2ccc(C3CCCCC3)cc2)cc(C2C3CC4CC(C3)CC2C4)c1. The summed E-state index contributed by atoms with van der Waals surface area (Å²) in [7, 11) is 0. The molecule has 4 bridgehead atoms. The molecule has 0 atom stereocenters. The molecule has 5 fully saturated rings. The summed E-state index contributed by atoms with van der Waals surface area (Å²) in [5.41, 5.74) is 5.63. The highest BCUT2D eigenvalue weighted by Crippen LogP contribution is 2.59. The lowest BCUT2D eigenvalue weighted by molar-refractivity contribution is -0.00275. The minimum Gasteiger partial charge on any atom is -0.356 e. The fourth-order valence-electron chi connectivity index (χ4n) is 7.73. The molecule has 5 aliphatic carbocycles. The molecule has 0 aliphatic heterocycles. The van der Waals surface area contributed by atoms with Crippen LogP contribution < -0.4 is 5.32 Å². The van der Waals surface area contributed by atoms with Crippen LogP contribution in [0.4, 0.5) is 11.4 Å². The van der Waals surface area contributed by atoms with E-state index in [1.807, 2.05) is 0 Å². The first kappa shape index (κ1) is 18.0. The van der Waals surface area contributed by atoms with Crippen molar-refractivity contribution in [3.63, 3.8) is 0 Å². The summed E-state index contributed by atoms with van der Waals surface area (Å²) < 4.78 is 0. The van der Waals surface area contributed by atoms with Crippen molar-refractivity contribution < 1.29 is 0 Å². The van der Waals surface area contributed by atoms with Crippen molar-refractivity contribution in [1.29, 1.82) is 0 Å². The van der Waals surface area contributed by atoms with Crippen LogP contribution in [-0.4, -0.2) is 0 Å². The molecule has 2 aromatic carbocycles. The topological polar surface area (TPSA) is 12.0 Å². The molecule has 1 N–H and O–H groups in total. The average Bonchev–Trinajstić information content (AvgIpc) is 2.75. The highest BCUT2D eigenvalue weighted by molar-refractivity contribution is 5.61. The Morgan fingerprint density at radius 2 is 1.31 bits per heavy atom. The van der Waals surface area contributed by atoms with E-state index in [1.54, 1.807) is 5.56 Å². The van der Waals surface area contributed by atoms with Crippen LogP contribution in [0.5, 0.6) is 0 Å². The molecule has 5 aliphatic rings. The predicted octanol–water partition coefficient (Wildman–Crippen LogP) is 8.02. The zero-order valence-electron chi connectivity index (χ0n) is 17.7. The van der Waals surface area contributed by atoms with Crippen molar-refractivity contribution in [3.8, 4) is 0 Å². The van der Waals surface area contributed by atoms with Gasteiger partial charge in [0, 0.05) is 11.4 Å². The largest absolute Gasteiger partial charge is 0.356 e. The average molecular weight is 386 g/mol. The maximum atomic E-state index is 3.70. The summed E-state index contributed by atoms with van der Waals surface area (Å²) in [5.74, 6) is 5.62. The third-order valence-electron chi connectivity index (χ3n) is 8.77. The van der Waals surface area contributed by atoms with Crippen molar-refractivity contribution in [2.24, 2.45) is 23.7 Å². The van der Waals surface area contributed by atoms with Crippen LogP contribution in [0.1, 0.15) is 87.2 Å². The molecule has 7 rings (SSSR count). The molecule has 0 aromatic heterocycles. The molecule has 0 radical (unpaired) electrons. The van der Waals surface area contributed by atoms with Gasteiger partial charge in [0.1, 0.15) is 0 Å². The normalized spacial score (nSPS) is 33.7. The fraction of sp³-hybridized carbons (Fsp3) is 0.571. The second-order valence-electron chi connectivity index (χ2n) is 10.7. The Bertz CT molecular complexity index is 817. The highest BCUT2D eigenvalue weighted by Gasteiger charge is 2.48. The maximum Gasteiger partial charge on any atom is 0.0387 e. The molecule has 1 heteroatoms. The molecule has 152 valence electrons. The summed E-state index contributed by atoms with van der Waals surface area (Å²) in [5, 5.41) is 3.70. The molecule has 1 nitrogen and oxygen atoms in total. The molecular formula is C28H35N. The van der Waals surface area contributed by atoms with Gasteiger partial charge in [-0.1, -0.05) is 43.5 Å². The van der Waals surface area contributed by atoms with Gasteiger partial charge < -0.3 is 5.32 Å². The molecule has 0 saturated heterocycles. The van der Waals surface area contributed by atoms with Gasteiger partial charge in [-0.3, -0.25) is 0 Å². The van der Waals surface area contributed by atoms with Crippen molar-refractivity contribution in [3.05, 3.63) is 59.7 Å². The third-order valence-corrected chi connectivity index (χ3v) is 8.77. The molecule has 29 heavy (non-hydrogen) atoms. The number of benzene rings is 2. The van der Waals surface area contributed by atoms with Crippen LogP contribution in [0, 0.1) is 23.7 Å². The Morgan fingerprint density at radius 3 is 2.00 bits per heavy atom. The molecular weight excluding hydrogens is 350 g/mol. The second-order valence-corrected chi connectivity index (χ2v) is 10.7. The summed E-state index contributed by atoms with van der Waals surface area (Å²) in [4.78, 5) is 0. The lowest BCUT2D eigenvalue weighted by Gasteiger charge is -2.54. The van der Waals surface area contributed by atoms with Gasteiger partial charge >= 0.3 is 0 Å². The summed E-state index contributed by atoms with van der Waals surface area (Å²) in [6.45, 7) is 0. The minimum atomic E-state index is 0.790. The van der Waals surface area contributed by atoms with E-state index in [1.165, 1.54) is 81.1 Å². The molecule has 0 unspecified atom stereocenters. The molecule has 0 heterocycles. The Morgan fingerprint density at radius 1 is 0.621 bits per heavy atom. The van der Waals surface area contributed by atoms with E-state index < -0.39 is 0 Å². The third kappa shape index (κ3) is 3.51. The summed E-state index contributed by atoms with van der Waals surface area (Å²) in [6.07, 6.45) is 14.5. The van der Waals surface area contributed by atoms with Crippen molar-refractivity contribution in [2.75, 3.05) is 5.32 Å². The highest BCUT2D eigenvalue weighted by atomic mass is 14.9. The number of hydrogen-bond donors (Lipinski definition) is 1. The Kier molecular flexibility index (Phi) is 4.66. The van der Waals surface area contributed by atoms with Gasteiger partial charge in [-0.15, -0.1) is 0 Å². The van der Waals surface area contributed by atoms with E-state index in [0.717, 1.165) is 35.5 Å².